The first-order valence-electron chi connectivity index (χ1n) is 5.76. The van der Waals surface area contributed by atoms with Crippen LogP contribution in [0.1, 0.15) is 42.9 Å². The van der Waals surface area contributed by atoms with Crippen LogP contribution in [-0.2, 0) is 0 Å². The molecule has 0 amide bonds. The van der Waals surface area contributed by atoms with Crippen molar-refractivity contribution in [2.45, 2.75) is 31.8 Å². The molecule has 3 heteroatoms. The van der Waals surface area contributed by atoms with Crippen LogP contribution in [0.3, 0.4) is 0 Å². The van der Waals surface area contributed by atoms with Gasteiger partial charge in [0, 0.05) is 6.54 Å². The third-order valence-corrected chi connectivity index (χ3v) is 3.19. The molecule has 0 saturated carbocycles. The predicted octanol–water partition coefficient (Wildman–Crippen LogP) is 2.63. The maximum absolute atomic E-state index is 9.41. The number of rotatable bonds is 2. The molecule has 0 bridgehead atoms. The zero-order chi connectivity index (χ0) is 10.7. The van der Waals surface area contributed by atoms with Gasteiger partial charge in [0.1, 0.15) is 0 Å². The van der Waals surface area contributed by atoms with Gasteiger partial charge in [-0.3, -0.25) is 0 Å². The molecule has 2 nitrogen and oxygen atoms in total. The van der Waals surface area contributed by atoms with Crippen LogP contribution < -0.4 is 5.32 Å². The summed E-state index contributed by atoms with van der Waals surface area (Å²) in [5, 5.41) is 12.8. The first-order chi connectivity index (χ1) is 7.27. The van der Waals surface area contributed by atoms with Gasteiger partial charge in [0.05, 0.1) is 6.10 Å². The summed E-state index contributed by atoms with van der Waals surface area (Å²) in [5.41, 5.74) is 2.40. The number of nitrogens with one attached hydrogen (secondary N) is 1. The van der Waals surface area contributed by atoms with Crippen molar-refractivity contribution < 1.29 is 5.11 Å². The highest BCUT2D eigenvalue weighted by Gasteiger charge is 2.14. The molecule has 1 fully saturated rings. The highest BCUT2D eigenvalue weighted by Crippen LogP contribution is 2.24. The molecule has 1 unspecified atom stereocenters. The van der Waals surface area contributed by atoms with E-state index in [1.807, 2.05) is 12.1 Å². The van der Waals surface area contributed by atoms with Crippen molar-refractivity contribution in [3.63, 3.8) is 0 Å². The lowest BCUT2D eigenvalue weighted by atomic mass is 9.91. The topological polar surface area (TPSA) is 32.3 Å². The number of hydrogen-bond acceptors (Lipinski definition) is 2. The summed E-state index contributed by atoms with van der Waals surface area (Å²) in [5.74, 6) is 0.654. The number of aliphatic hydroxyl groups is 1. The second-order valence-electron chi connectivity index (χ2n) is 4.39. The summed E-state index contributed by atoms with van der Waals surface area (Å²) >= 11 is 0. The SMILES string of the molecule is CC(O)c1ccc([C@H]2CCCNC2)cc1.Cl. The average molecular weight is 242 g/mol. The quantitative estimate of drug-likeness (QED) is 0.835. The van der Waals surface area contributed by atoms with Gasteiger partial charge in [0.2, 0.25) is 0 Å². The largest absolute Gasteiger partial charge is 0.389 e. The molecule has 0 radical (unpaired) electrons. The lowest BCUT2D eigenvalue weighted by Gasteiger charge is -2.23. The molecule has 2 atom stereocenters. The van der Waals surface area contributed by atoms with Crippen molar-refractivity contribution in [3.05, 3.63) is 35.4 Å². The number of hydrogen-bond donors (Lipinski definition) is 2. The second-order valence-corrected chi connectivity index (χ2v) is 4.39. The lowest BCUT2D eigenvalue weighted by molar-refractivity contribution is 0.199. The fourth-order valence-corrected chi connectivity index (χ4v) is 2.18. The molecule has 1 saturated heterocycles. The van der Waals surface area contributed by atoms with Crippen molar-refractivity contribution >= 4 is 12.4 Å². The zero-order valence-electron chi connectivity index (χ0n) is 9.65. The van der Waals surface area contributed by atoms with E-state index in [0.29, 0.717) is 5.92 Å². The van der Waals surface area contributed by atoms with E-state index >= 15 is 0 Å². The van der Waals surface area contributed by atoms with Crippen LogP contribution in [0.25, 0.3) is 0 Å². The molecule has 0 aliphatic carbocycles. The van der Waals surface area contributed by atoms with Crippen molar-refractivity contribution in [1.82, 2.24) is 5.32 Å². The van der Waals surface area contributed by atoms with Crippen molar-refractivity contribution in [3.8, 4) is 0 Å². The smallest absolute Gasteiger partial charge is 0.0761 e. The number of benzene rings is 1. The summed E-state index contributed by atoms with van der Waals surface area (Å²) in [4.78, 5) is 0. The molecule has 90 valence electrons. The Balaban J connectivity index is 0.00000128. The van der Waals surface area contributed by atoms with Gasteiger partial charge in [0.15, 0.2) is 0 Å². The van der Waals surface area contributed by atoms with Gasteiger partial charge < -0.3 is 10.4 Å². The highest BCUT2D eigenvalue weighted by atomic mass is 35.5. The summed E-state index contributed by atoms with van der Waals surface area (Å²) in [7, 11) is 0. The van der Waals surface area contributed by atoms with E-state index < -0.39 is 0 Å². The van der Waals surface area contributed by atoms with Gasteiger partial charge in [-0.2, -0.15) is 0 Å². The van der Waals surface area contributed by atoms with Crippen LogP contribution in [0.4, 0.5) is 0 Å². The Labute approximate surface area is 103 Å². The van der Waals surface area contributed by atoms with Crippen LogP contribution in [0, 0.1) is 0 Å². The van der Waals surface area contributed by atoms with E-state index in [9.17, 15) is 5.11 Å². The van der Waals surface area contributed by atoms with Crippen LogP contribution in [0.5, 0.6) is 0 Å². The van der Waals surface area contributed by atoms with Crippen LogP contribution in [0.15, 0.2) is 24.3 Å². The van der Waals surface area contributed by atoms with E-state index in [1.165, 1.54) is 18.4 Å². The third-order valence-electron chi connectivity index (χ3n) is 3.19. The van der Waals surface area contributed by atoms with Gasteiger partial charge in [0.25, 0.3) is 0 Å². The minimum absolute atomic E-state index is 0. The Morgan fingerprint density at radius 3 is 2.50 bits per heavy atom. The molecular formula is C13H20ClNO. The van der Waals surface area contributed by atoms with Crippen LogP contribution in [0.2, 0.25) is 0 Å². The Morgan fingerprint density at radius 2 is 2.00 bits per heavy atom. The number of halogens is 1. The van der Waals surface area contributed by atoms with Crippen molar-refractivity contribution in [2.24, 2.45) is 0 Å². The minimum Gasteiger partial charge on any atom is -0.389 e. The Morgan fingerprint density at radius 1 is 1.31 bits per heavy atom. The highest BCUT2D eigenvalue weighted by molar-refractivity contribution is 5.85. The molecule has 0 aromatic heterocycles. The number of aliphatic hydroxyl groups excluding tert-OH is 1. The van der Waals surface area contributed by atoms with Gasteiger partial charge in [-0.25, -0.2) is 0 Å². The molecule has 1 aliphatic rings. The summed E-state index contributed by atoms with van der Waals surface area (Å²) < 4.78 is 0. The molecule has 0 spiro atoms. The molecule has 1 aromatic rings. The molecule has 1 aromatic carbocycles. The standard InChI is InChI=1S/C13H19NO.ClH/c1-10(15)11-4-6-12(7-5-11)13-3-2-8-14-9-13;/h4-7,10,13-15H,2-3,8-9H2,1H3;1H/t10?,13-;/m0./s1. The van der Waals surface area contributed by atoms with E-state index in [2.05, 4.69) is 17.4 Å². The second kappa shape index (κ2) is 6.24. The van der Waals surface area contributed by atoms with E-state index in [1.54, 1.807) is 6.92 Å². The first kappa shape index (κ1) is 13.5. The fourth-order valence-electron chi connectivity index (χ4n) is 2.18. The third kappa shape index (κ3) is 3.21. The van der Waals surface area contributed by atoms with Crippen molar-refractivity contribution in [1.29, 1.82) is 0 Å². The minimum atomic E-state index is -0.358. The van der Waals surface area contributed by atoms with Gasteiger partial charge in [-0.05, 0) is 43.4 Å². The molecule has 2 N–H and O–H groups in total. The molecule has 2 rings (SSSR count). The van der Waals surface area contributed by atoms with Crippen LogP contribution >= 0.6 is 12.4 Å². The summed E-state index contributed by atoms with van der Waals surface area (Å²) in [6.45, 7) is 4.05. The molecule has 1 heterocycles. The maximum Gasteiger partial charge on any atom is 0.0761 e. The van der Waals surface area contributed by atoms with Gasteiger partial charge in [-0.1, -0.05) is 24.3 Å². The van der Waals surface area contributed by atoms with E-state index in [-0.39, 0.29) is 18.5 Å². The lowest BCUT2D eigenvalue weighted by Crippen LogP contribution is -2.28. The summed E-state index contributed by atoms with van der Waals surface area (Å²) in [6.07, 6.45) is 2.19. The Kier molecular flexibility index (Phi) is 5.26. The van der Waals surface area contributed by atoms with E-state index in [4.69, 9.17) is 0 Å². The zero-order valence-corrected chi connectivity index (χ0v) is 10.5. The molecule has 1 aliphatic heterocycles. The first-order valence-corrected chi connectivity index (χ1v) is 5.76. The Bertz CT molecular complexity index is 304. The van der Waals surface area contributed by atoms with Gasteiger partial charge >= 0.3 is 0 Å². The predicted molar refractivity (Wildman–Crippen MR) is 69.2 cm³/mol. The fraction of sp³-hybridized carbons (Fsp3) is 0.538. The molecular weight excluding hydrogens is 222 g/mol. The number of piperidine rings is 1. The average Bonchev–Trinajstić information content (AvgIpc) is 2.30. The van der Waals surface area contributed by atoms with Crippen LogP contribution in [-0.4, -0.2) is 18.2 Å². The molecule has 16 heavy (non-hydrogen) atoms. The van der Waals surface area contributed by atoms with E-state index in [0.717, 1.165) is 18.7 Å². The van der Waals surface area contributed by atoms with Gasteiger partial charge in [-0.15, -0.1) is 12.4 Å². The Hall–Kier alpha value is -0.570. The monoisotopic (exact) mass is 241 g/mol. The maximum atomic E-state index is 9.41. The van der Waals surface area contributed by atoms with Crippen molar-refractivity contribution in [2.75, 3.05) is 13.1 Å². The summed E-state index contributed by atoms with van der Waals surface area (Å²) in [6, 6.07) is 8.38. The normalized spacial score (nSPS) is 22.2.